The molecule has 0 saturated heterocycles. The van der Waals surface area contributed by atoms with Gasteiger partial charge in [0, 0.05) is 11.9 Å². The Labute approximate surface area is 144 Å². The Balaban J connectivity index is 1.73. The first-order valence-corrected chi connectivity index (χ1v) is 8.41. The maximum Gasteiger partial charge on any atom is 0.393 e. The number of aromatic nitrogens is 2. The largest absolute Gasteiger partial charge is 0.393 e. The zero-order valence-corrected chi connectivity index (χ0v) is 13.7. The number of carbonyl (C=O) groups is 1. The fourth-order valence-corrected chi connectivity index (χ4v) is 3.20. The van der Waals surface area contributed by atoms with Gasteiger partial charge in [-0.1, -0.05) is 31.4 Å². The van der Waals surface area contributed by atoms with Gasteiger partial charge in [-0.3, -0.25) is 9.48 Å². The van der Waals surface area contributed by atoms with E-state index in [2.05, 4.69) is 10.4 Å². The van der Waals surface area contributed by atoms with Gasteiger partial charge in [0.2, 0.25) is 0 Å². The van der Waals surface area contributed by atoms with Crippen LogP contribution < -0.4 is 5.32 Å². The Morgan fingerprint density at radius 3 is 2.44 bits per heavy atom. The molecule has 0 spiro atoms. The summed E-state index contributed by atoms with van der Waals surface area (Å²) < 4.78 is 39.0. The Bertz CT molecular complexity index is 716. The van der Waals surface area contributed by atoms with Crippen LogP contribution in [0.2, 0.25) is 0 Å². The molecule has 0 aliphatic heterocycles. The molecule has 0 atom stereocenters. The molecule has 2 aromatic rings. The van der Waals surface area contributed by atoms with E-state index in [1.165, 1.54) is 18.6 Å². The molecule has 134 valence electrons. The predicted octanol–water partition coefficient (Wildman–Crippen LogP) is 5.05. The van der Waals surface area contributed by atoms with Crippen LogP contribution in [0.3, 0.4) is 0 Å². The van der Waals surface area contributed by atoms with Crippen LogP contribution in [-0.4, -0.2) is 22.2 Å². The van der Waals surface area contributed by atoms with E-state index in [0.717, 1.165) is 32.0 Å². The molecule has 0 unspecified atom stereocenters. The standard InChI is InChI=1S/C18H20F3N3O/c19-18(20,21)10-13-6-8-15(9-7-13)22-17-14(12-25)11-24(23-17)16-4-2-1-3-5-16/h6-9,11-12,16H,1-5,10H2,(H,22,23). The average Bonchev–Trinajstić information content (AvgIpc) is 2.99. The lowest BCUT2D eigenvalue weighted by molar-refractivity contribution is -0.127. The fraction of sp³-hybridized carbons (Fsp3) is 0.444. The number of aldehydes is 1. The molecule has 3 rings (SSSR count). The predicted molar refractivity (Wildman–Crippen MR) is 89.2 cm³/mol. The number of rotatable bonds is 5. The molecule has 1 fully saturated rings. The van der Waals surface area contributed by atoms with Gasteiger partial charge >= 0.3 is 6.18 Å². The normalized spacial score (nSPS) is 16.0. The van der Waals surface area contributed by atoms with Crippen molar-refractivity contribution in [2.75, 3.05) is 5.32 Å². The van der Waals surface area contributed by atoms with E-state index in [-0.39, 0.29) is 5.56 Å². The molecule has 0 radical (unpaired) electrons. The van der Waals surface area contributed by atoms with Crippen LogP contribution in [-0.2, 0) is 6.42 Å². The van der Waals surface area contributed by atoms with Gasteiger partial charge in [0.05, 0.1) is 18.0 Å². The molecular weight excluding hydrogens is 331 g/mol. The summed E-state index contributed by atoms with van der Waals surface area (Å²) in [5.74, 6) is 0.434. The third-order valence-electron chi connectivity index (χ3n) is 4.46. The summed E-state index contributed by atoms with van der Waals surface area (Å²) in [6, 6.07) is 6.28. The molecule has 1 aliphatic rings. The Hall–Kier alpha value is -2.31. The summed E-state index contributed by atoms with van der Waals surface area (Å²) in [6.07, 6.45) is 2.94. The molecule has 1 aromatic heterocycles. The Kier molecular flexibility index (Phi) is 5.11. The highest BCUT2D eigenvalue weighted by molar-refractivity contribution is 5.83. The number of anilines is 2. The van der Waals surface area contributed by atoms with Gasteiger partial charge in [-0.2, -0.15) is 18.3 Å². The molecule has 1 aliphatic carbocycles. The first kappa shape index (κ1) is 17.5. The smallest absolute Gasteiger partial charge is 0.338 e. The molecule has 1 saturated carbocycles. The molecule has 4 nitrogen and oxygen atoms in total. The molecule has 0 amide bonds. The maximum absolute atomic E-state index is 12.4. The highest BCUT2D eigenvalue weighted by Gasteiger charge is 2.27. The fourth-order valence-electron chi connectivity index (χ4n) is 3.20. The van der Waals surface area contributed by atoms with E-state index >= 15 is 0 Å². The molecule has 1 heterocycles. The quantitative estimate of drug-likeness (QED) is 0.767. The van der Waals surface area contributed by atoms with E-state index in [4.69, 9.17) is 0 Å². The van der Waals surface area contributed by atoms with Crippen molar-refractivity contribution in [3.63, 3.8) is 0 Å². The van der Waals surface area contributed by atoms with Gasteiger partial charge < -0.3 is 5.32 Å². The van der Waals surface area contributed by atoms with E-state index < -0.39 is 12.6 Å². The number of nitrogens with zero attached hydrogens (tertiary/aromatic N) is 2. The van der Waals surface area contributed by atoms with Crippen LogP contribution in [0.5, 0.6) is 0 Å². The van der Waals surface area contributed by atoms with E-state index in [1.807, 2.05) is 4.68 Å². The van der Waals surface area contributed by atoms with Crippen molar-refractivity contribution in [3.05, 3.63) is 41.6 Å². The highest BCUT2D eigenvalue weighted by atomic mass is 19.4. The first-order valence-electron chi connectivity index (χ1n) is 8.41. The maximum atomic E-state index is 12.4. The third kappa shape index (κ3) is 4.61. The number of hydrogen-bond acceptors (Lipinski definition) is 3. The van der Waals surface area contributed by atoms with E-state index in [9.17, 15) is 18.0 Å². The topological polar surface area (TPSA) is 46.9 Å². The van der Waals surface area contributed by atoms with Crippen LogP contribution >= 0.6 is 0 Å². The lowest BCUT2D eigenvalue weighted by Gasteiger charge is -2.21. The van der Waals surface area contributed by atoms with Gasteiger partial charge in [-0.25, -0.2) is 0 Å². The van der Waals surface area contributed by atoms with Crippen molar-refractivity contribution in [1.82, 2.24) is 9.78 Å². The first-order chi connectivity index (χ1) is 11.9. The number of alkyl halides is 3. The molecule has 1 N–H and O–H groups in total. The van der Waals surface area contributed by atoms with Gasteiger partial charge in [-0.05, 0) is 30.5 Å². The van der Waals surface area contributed by atoms with E-state index in [1.54, 1.807) is 18.3 Å². The average molecular weight is 351 g/mol. The van der Waals surface area contributed by atoms with E-state index in [0.29, 0.717) is 23.1 Å². The van der Waals surface area contributed by atoms with Gasteiger partial charge in [0.15, 0.2) is 12.1 Å². The summed E-state index contributed by atoms with van der Waals surface area (Å²) >= 11 is 0. The minimum absolute atomic E-state index is 0.196. The summed E-state index contributed by atoms with van der Waals surface area (Å²) in [5.41, 5.74) is 1.24. The monoisotopic (exact) mass is 351 g/mol. The van der Waals surface area contributed by atoms with Crippen LogP contribution in [0.15, 0.2) is 30.5 Å². The molecular formula is C18H20F3N3O. The summed E-state index contributed by atoms with van der Waals surface area (Å²) in [7, 11) is 0. The van der Waals surface area contributed by atoms with Crippen LogP contribution in [0, 0.1) is 0 Å². The van der Waals surface area contributed by atoms with Gasteiger partial charge in [0.1, 0.15) is 0 Å². The number of benzene rings is 1. The number of carbonyl (C=O) groups excluding carboxylic acids is 1. The number of halogens is 3. The van der Waals surface area contributed by atoms with Crippen molar-refractivity contribution >= 4 is 17.8 Å². The van der Waals surface area contributed by atoms with Crippen LogP contribution in [0.4, 0.5) is 24.7 Å². The Morgan fingerprint density at radius 2 is 1.84 bits per heavy atom. The number of hydrogen-bond donors (Lipinski definition) is 1. The summed E-state index contributed by atoms with van der Waals surface area (Å²) in [6.45, 7) is 0. The third-order valence-corrected chi connectivity index (χ3v) is 4.46. The lowest BCUT2D eigenvalue weighted by Crippen LogP contribution is -2.13. The summed E-state index contributed by atoms with van der Waals surface area (Å²) in [4.78, 5) is 11.3. The molecule has 25 heavy (non-hydrogen) atoms. The van der Waals surface area contributed by atoms with Crippen molar-refractivity contribution < 1.29 is 18.0 Å². The van der Waals surface area contributed by atoms with Crippen LogP contribution in [0.1, 0.15) is 54.1 Å². The van der Waals surface area contributed by atoms with Gasteiger partial charge in [-0.15, -0.1) is 0 Å². The van der Waals surface area contributed by atoms with Crippen molar-refractivity contribution in [3.8, 4) is 0 Å². The Morgan fingerprint density at radius 1 is 1.16 bits per heavy atom. The second-order valence-corrected chi connectivity index (χ2v) is 6.44. The summed E-state index contributed by atoms with van der Waals surface area (Å²) in [5, 5.41) is 7.50. The SMILES string of the molecule is O=Cc1cn(C2CCCCC2)nc1Nc1ccc(CC(F)(F)F)cc1. The highest BCUT2D eigenvalue weighted by Crippen LogP contribution is 2.30. The van der Waals surface area contributed by atoms with Crippen LogP contribution in [0.25, 0.3) is 0 Å². The zero-order valence-electron chi connectivity index (χ0n) is 13.7. The van der Waals surface area contributed by atoms with Crippen molar-refractivity contribution in [2.45, 2.75) is 50.7 Å². The zero-order chi connectivity index (χ0) is 17.9. The second-order valence-electron chi connectivity index (χ2n) is 6.44. The molecule has 1 aromatic carbocycles. The minimum Gasteiger partial charge on any atom is -0.338 e. The van der Waals surface area contributed by atoms with Crippen molar-refractivity contribution in [1.29, 1.82) is 0 Å². The number of nitrogens with one attached hydrogen (secondary N) is 1. The molecule has 0 bridgehead atoms. The lowest BCUT2D eigenvalue weighted by atomic mass is 9.96. The molecule has 7 heteroatoms. The minimum atomic E-state index is -4.22. The second kappa shape index (κ2) is 7.29. The van der Waals surface area contributed by atoms with Gasteiger partial charge in [0.25, 0.3) is 0 Å². The van der Waals surface area contributed by atoms with Crippen molar-refractivity contribution in [2.24, 2.45) is 0 Å².